The largest absolute Gasteiger partial charge is 0.493 e. The van der Waals surface area contributed by atoms with Crippen molar-refractivity contribution in [3.8, 4) is 45.6 Å². The Labute approximate surface area is 258 Å². The van der Waals surface area contributed by atoms with Gasteiger partial charge in [-0.1, -0.05) is 60.7 Å². The summed E-state index contributed by atoms with van der Waals surface area (Å²) in [5.41, 5.74) is 2.82. The molecule has 0 unspecified atom stereocenters. The number of hydrogen-bond acceptors (Lipinski definition) is 8. The van der Waals surface area contributed by atoms with Gasteiger partial charge in [0.1, 0.15) is 19.0 Å². The number of rotatable bonds is 11. The van der Waals surface area contributed by atoms with Crippen LogP contribution in [0.25, 0.3) is 11.1 Å². The lowest BCUT2D eigenvalue weighted by Gasteiger charge is -2.31. The summed E-state index contributed by atoms with van der Waals surface area (Å²) in [5.74, 6) is 1.15. The van der Waals surface area contributed by atoms with Crippen molar-refractivity contribution in [1.29, 1.82) is 0 Å². The van der Waals surface area contributed by atoms with Crippen molar-refractivity contribution in [1.82, 2.24) is 0 Å². The number of carbonyl (C=O) groups excluding carboxylic acids is 1. The van der Waals surface area contributed by atoms with Crippen molar-refractivity contribution < 1.29 is 38.3 Å². The fourth-order valence-corrected chi connectivity index (χ4v) is 6.11. The summed E-state index contributed by atoms with van der Waals surface area (Å²) in [6, 6.07) is 23.1. The minimum Gasteiger partial charge on any atom is -0.493 e. The molecule has 2 atom stereocenters. The second kappa shape index (κ2) is 12.9. The van der Waals surface area contributed by atoms with Crippen LogP contribution in [0.15, 0.2) is 72.8 Å². The average molecular weight is 599 g/mol. The van der Waals surface area contributed by atoms with Crippen molar-refractivity contribution in [2.75, 3.05) is 28.4 Å². The van der Waals surface area contributed by atoms with E-state index >= 15 is 0 Å². The quantitative estimate of drug-likeness (QED) is 0.209. The highest BCUT2D eigenvalue weighted by atomic mass is 16.5. The van der Waals surface area contributed by atoms with E-state index in [0.717, 1.165) is 11.1 Å². The molecule has 0 bridgehead atoms. The lowest BCUT2D eigenvalue weighted by atomic mass is 9.78. The first-order valence-electron chi connectivity index (χ1n) is 14.4. The van der Waals surface area contributed by atoms with E-state index in [4.69, 9.17) is 28.4 Å². The second-order valence-corrected chi connectivity index (χ2v) is 11.0. The predicted octanol–water partition coefficient (Wildman–Crippen LogP) is 6.53. The van der Waals surface area contributed by atoms with Gasteiger partial charge >= 0.3 is 0 Å². The number of ketones is 1. The Hall–Kier alpha value is -4.69. The fourth-order valence-electron chi connectivity index (χ4n) is 6.11. The smallest absolute Gasteiger partial charge is 0.204 e. The molecule has 230 valence electrons. The molecule has 0 aliphatic heterocycles. The third kappa shape index (κ3) is 5.77. The van der Waals surface area contributed by atoms with Gasteiger partial charge in [0.15, 0.2) is 23.0 Å². The summed E-state index contributed by atoms with van der Waals surface area (Å²) in [5, 5.41) is 11.9. The van der Waals surface area contributed by atoms with Crippen LogP contribution in [0.4, 0.5) is 0 Å². The van der Waals surface area contributed by atoms with Gasteiger partial charge < -0.3 is 33.5 Å². The van der Waals surface area contributed by atoms with Crippen molar-refractivity contribution in [2.24, 2.45) is 0 Å². The van der Waals surface area contributed by atoms with Crippen LogP contribution in [-0.2, 0) is 24.4 Å². The molecule has 0 amide bonds. The molecule has 0 heterocycles. The zero-order valence-corrected chi connectivity index (χ0v) is 25.9. The van der Waals surface area contributed by atoms with Crippen LogP contribution in [0, 0.1) is 0 Å². The minimum absolute atomic E-state index is 0.124. The van der Waals surface area contributed by atoms with E-state index in [1.165, 1.54) is 14.0 Å². The Bertz CT molecular complexity index is 1630. The number of aliphatic hydroxyl groups is 1. The van der Waals surface area contributed by atoms with Crippen molar-refractivity contribution in [3.05, 3.63) is 95.1 Å². The van der Waals surface area contributed by atoms with E-state index in [1.54, 1.807) is 34.3 Å². The predicted molar refractivity (Wildman–Crippen MR) is 167 cm³/mol. The molecule has 1 aliphatic rings. The standard InChI is InChI=1S/C36H38O8/c1-22(37)31-26-18-28(40-4)33(44-21-24-15-11-8-12-16-24)35(42-6)30(26)29-25(19-36(31,2)38)17-27(39-3)32(34(29)41-5)43-20-23-13-9-7-10-14-23/h7-18,31,38H,19-21H2,1-6H3/t31-,36-/m1/s1. The van der Waals surface area contributed by atoms with Gasteiger partial charge in [-0.05, 0) is 48.2 Å². The van der Waals surface area contributed by atoms with E-state index in [0.29, 0.717) is 56.8 Å². The topological polar surface area (TPSA) is 92.7 Å². The summed E-state index contributed by atoms with van der Waals surface area (Å²) in [6.45, 7) is 3.65. The fraction of sp³-hybridized carbons (Fsp3) is 0.306. The SMILES string of the molecule is COc1cc2c(c(OC)c1OCc1ccccc1)-c1c(cc(OC)c(OCc3ccccc3)c1OC)[C@@H](C(C)=O)[C@](C)(O)C2. The monoisotopic (exact) mass is 598 g/mol. The molecule has 0 radical (unpaired) electrons. The number of fused-ring (bicyclic) bond motifs is 3. The molecule has 44 heavy (non-hydrogen) atoms. The molecule has 0 saturated carbocycles. The number of hydrogen-bond donors (Lipinski definition) is 1. The summed E-state index contributed by atoms with van der Waals surface area (Å²) < 4.78 is 36.5. The molecule has 0 spiro atoms. The molecule has 4 aromatic rings. The molecule has 1 aliphatic carbocycles. The molecule has 8 heteroatoms. The number of methoxy groups -OCH3 is 4. The maximum absolute atomic E-state index is 13.3. The van der Waals surface area contributed by atoms with E-state index in [2.05, 4.69) is 0 Å². The highest BCUT2D eigenvalue weighted by molar-refractivity contribution is 5.95. The Kier molecular flexibility index (Phi) is 9.01. The second-order valence-electron chi connectivity index (χ2n) is 11.0. The van der Waals surface area contributed by atoms with Crippen molar-refractivity contribution in [3.63, 3.8) is 0 Å². The van der Waals surface area contributed by atoms with E-state index in [1.807, 2.05) is 66.7 Å². The van der Waals surface area contributed by atoms with Gasteiger partial charge in [-0.3, -0.25) is 4.79 Å². The van der Waals surface area contributed by atoms with E-state index in [-0.39, 0.29) is 25.4 Å². The van der Waals surface area contributed by atoms with Crippen LogP contribution in [0.1, 0.15) is 42.0 Å². The molecule has 0 fully saturated rings. The summed E-state index contributed by atoms with van der Waals surface area (Å²) in [4.78, 5) is 13.3. The van der Waals surface area contributed by atoms with Crippen LogP contribution in [-0.4, -0.2) is 44.9 Å². The van der Waals surface area contributed by atoms with Crippen LogP contribution in [0.2, 0.25) is 0 Å². The first-order valence-corrected chi connectivity index (χ1v) is 14.4. The molecule has 5 rings (SSSR count). The minimum atomic E-state index is -1.48. The van der Waals surface area contributed by atoms with Crippen LogP contribution < -0.4 is 28.4 Å². The van der Waals surface area contributed by atoms with Gasteiger partial charge in [-0.2, -0.15) is 0 Å². The Morgan fingerprint density at radius 3 is 1.66 bits per heavy atom. The maximum atomic E-state index is 13.3. The van der Waals surface area contributed by atoms with Crippen LogP contribution >= 0.6 is 0 Å². The first kappa shape index (κ1) is 30.8. The molecular formula is C36H38O8. The Morgan fingerprint density at radius 1 is 0.727 bits per heavy atom. The first-order chi connectivity index (χ1) is 21.2. The van der Waals surface area contributed by atoms with Gasteiger partial charge in [0.2, 0.25) is 11.5 Å². The molecule has 0 saturated heterocycles. The molecule has 8 nitrogen and oxygen atoms in total. The lowest BCUT2D eigenvalue weighted by molar-refractivity contribution is -0.124. The van der Waals surface area contributed by atoms with Gasteiger partial charge in [-0.15, -0.1) is 0 Å². The van der Waals surface area contributed by atoms with Crippen molar-refractivity contribution >= 4 is 5.78 Å². The summed E-state index contributed by atoms with van der Waals surface area (Å²) in [6.07, 6.45) is 0.124. The number of ether oxygens (including phenoxy) is 6. The molecule has 4 aromatic carbocycles. The Balaban J connectivity index is 1.80. The maximum Gasteiger partial charge on any atom is 0.204 e. The number of carbonyl (C=O) groups is 1. The van der Waals surface area contributed by atoms with E-state index in [9.17, 15) is 9.90 Å². The summed E-state index contributed by atoms with van der Waals surface area (Å²) in [7, 11) is 6.18. The highest BCUT2D eigenvalue weighted by Crippen LogP contribution is 2.58. The van der Waals surface area contributed by atoms with Gasteiger partial charge in [0.05, 0.1) is 40.0 Å². The zero-order chi connectivity index (χ0) is 31.4. The van der Waals surface area contributed by atoms with Crippen LogP contribution in [0.3, 0.4) is 0 Å². The lowest BCUT2D eigenvalue weighted by Crippen LogP contribution is -2.38. The molecule has 0 aromatic heterocycles. The van der Waals surface area contributed by atoms with Crippen LogP contribution in [0.5, 0.6) is 34.5 Å². The molecular weight excluding hydrogens is 560 g/mol. The van der Waals surface area contributed by atoms with Gasteiger partial charge in [0, 0.05) is 17.5 Å². The Morgan fingerprint density at radius 2 is 1.20 bits per heavy atom. The average Bonchev–Trinajstić information content (AvgIpc) is 3.12. The number of benzene rings is 4. The molecule has 1 N–H and O–H groups in total. The normalized spacial score (nSPS) is 17.0. The third-order valence-corrected chi connectivity index (χ3v) is 7.95. The highest BCUT2D eigenvalue weighted by Gasteiger charge is 2.45. The van der Waals surface area contributed by atoms with E-state index < -0.39 is 11.5 Å². The zero-order valence-electron chi connectivity index (χ0n) is 25.9. The third-order valence-electron chi connectivity index (χ3n) is 7.95. The van der Waals surface area contributed by atoms with Gasteiger partial charge in [-0.25, -0.2) is 0 Å². The van der Waals surface area contributed by atoms with Crippen molar-refractivity contribution in [2.45, 2.75) is 45.0 Å². The number of Topliss-reactive ketones (excluding diaryl/α,β-unsaturated/α-hetero) is 1. The summed E-state index contributed by atoms with van der Waals surface area (Å²) >= 11 is 0. The van der Waals surface area contributed by atoms with Gasteiger partial charge in [0.25, 0.3) is 0 Å².